The molecule has 0 heterocycles. The minimum absolute atomic E-state index is 0.00173. The van der Waals surface area contributed by atoms with Gasteiger partial charge in [-0.1, -0.05) is 63.8 Å². The van der Waals surface area contributed by atoms with Crippen molar-refractivity contribution in [3.63, 3.8) is 0 Å². The number of ether oxygens (including phenoxy) is 1. The van der Waals surface area contributed by atoms with E-state index in [1.165, 1.54) is 5.56 Å². The molecule has 3 heteroatoms. The molecular weight excluding hydrogens is 264 g/mol. The van der Waals surface area contributed by atoms with Crippen LogP contribution in [0.25, 0.3) is 0 Å². The van der Waals surface area contributed by atoms with Crippen molar-refractivity contribution >= 4 is 13.5 Å². The second-order valence-corrected chi connectivity index (χ2v) is 11.5. The van der Waals surface area contributed by atoms with Crippen LogP contribution in [0.15, 0.2) is 30.3 Å². The fourth-order valence-electron chi connectivity index (χ4n) is 2.79. The normalized spacial score (nSPS) is 16.5. The molecule has 0 radical (unpaired) electrons. The molecule has 0 aromatic heterocycles. The maximum atomic E-state index is 12.7. The fourth-order valence-corrected chi connectivity index (χ4v) is 4.27. The van der Waals surface area contributed by atoms with E-state index < -0.39 is 8.07 Å². The van der Waals surface area contributed by atoms with E-state index >= 15 is 0 Å². The summed E-state index contributed by atoms with van der Waals surface area (Å²) in [6, 6.07) is 10.3. The maximum absolute atomic E-state index is 12.7. The fraction of sp³-hybridized carbons (Fsp3) is 0.588. The Morgan fingerprint density at radius 3 is 2.15 bits per heavy atom. The molecule has 0 N–H and O–H groups in total. The van der Waals surface area contributed by atoms with Crippen molar-refractivity contribution < 1.29 is 9.53 Å². The Morgan fingerprint density at radius 1 is 1.20 bits per heavy atom. The van der Waals surface area contributed by atoms with Crippen LogP contribution < -0.4 is 0 Å². The van der Waals surface area contributed by atoms with Crippen molar-refractivity contribution in [3.05, 3.63) is 35.9 Å². The summed E-state index contributed by atoms with van der Waals surface area (Å²) < 4.78 is 5.74. The van der Waals surface area contributed by atoms with Crippen molar-refractivity contribution in [2.24, 2.45) is 5.92 Å². The second kappa shape index (κ2) is 7.18. The quantitative estimate of drug-likeness (QED) is 0.701. The third-order valence-corrected chi connectivity index (χ3v) is 5.85. The summed E-state index contributed by atoms with van der Waals surface area (Å²) in [7, 11) is -0.0630. The summed E-state index contributed by atoms with van der Waals surface area (Å²) in [5.74, 6) is 0.230. The van der Waals surface area contributed by atoms with E-state index in [-0.39, 0.29) is 17.9 Å². The Bertz CT molecular complexity index is 422. The van der Waals surface area contributed by atoms with Crippen LogP contribution in [0.2, 0.25) is 19.6 Å². The van der Waals surface area contributed by atoms with E-state index in [1.54, 1.807) is 7.11 Å². The van der Waals surface area contributed by atoms with Crippen LogP contribution in [0.1, 0.15) is 31.7 Å². The highest BCUT2D eigenvalue weighted by atomic mass is 28.3. The Labute approximate surface area is 124 Å². The summed E-state index contributed by atoms with van der Waals surface area (Å²) in [6.45, 7) is 10.6. The highest BCUT2D eigenvalue weighted by Crippen LogP contribution is 2.30. The average Bonchev–Trinajstić information content (AvgIpc) is 2.43. The minimum atomic E-state index is -1.79. The molecule has 0 spiro atoms. The number of rotatable bonds is 7. The molecule has 0 aliphatic carbocycles. The SMILES string of the molecule is CC[C@@H](C(=O)[Si](C)(C)C)[C@H](OC)[C@@H](C)c1ccccc1. The molecule has 0 aliphatic heterocycles. The van der Waals surface area contributed by atoms with Crippen molar-refractivity contribution in [3.8, 4) is 0 Å². The lowest BCUT2D eigenvalue weighted by Crippen LogP contribution is -2.45. The van der Waals surface area contributed by atoms with Crippen LogP contribution in [-0.2, 0) is 9.53 Å². The number of carbonyl (C=O) groups is 1. The number of carbonyl (C=O) groups excluding carboxylic acids is 1. The average molecular weight is 292 g/mol. The van der Waals surface area contributed by atoms with Gasteiger partial charge in [0, 0.05) is 18.9 Å². The maximum Gasteiger partial charge on any atom is 0.124 e. The summed E-state index contributed by atoms with van der Waals surface area (Å²) >= 11 is 0. The van der Waals surface area contributed by atoms with Crippen molar-refractivity contribution in [1.82, 2.24) is 0 Å². The van der Waals surface area contributed by atoms with Crippen LogP contribution in [-0.4, -0.2) is 26.7 Å². The molecule has 0 bridgehead atoms. The van der Waals surface area contributed by atoms with Gasteiger partial charge in [0.15, 0.2) is 0 Å². The summed E-state index contributed by atoms with van der Waals surface area (Å²) in [4.78, 5) is 12.7. The zero-order chi connectivity index (χ0) is 15.3. The zero-order valence-corrected chi connectivity index (χ0v) is 14.6. The standard InChI is InChI=1S/C17H28O2Si/c1-7-15(17(18)20(4,5)6)16(19-3)13(2)14-11-9-8-10-12-14/h8-13,15-16H,7H2,1-6H3/t13-,15+,16+/m0/s1. The largest absolute Gasteiger partial charge is 0.380 e. The molecule has 112 valence electrons. The summed E-state index contributed by atoms with van der Waals surface area (Å²) in [6.07, 6.45) is 0.806. The molecule has 2 nitrogen and oxygen atoms in total. The molecule has 0 saturated carbocycles. The van der Waals surface area contributed by atoms with E-state index in [2.05, 4.69) is 45.6 Å². The van der Waals surface area contributed by atoms with E-state index in [1.807, 2.05) is 18.2 Å². The number of methoxy groups -OCH3 is 1. The van der Waals surface area contributed by atoms with Gasteiger partial charge in [-0.05, 0) is 12.0 Å². The predicted molar refractivity (Wildman–Crippen MR) is 87.8 cm³/mol. The molecule has 0 fully saturated rings. The lowest BCUT2D eigenvalue weighted by Gasteiger charge is -2.32. The van der Waals surface area contributed by atoms with E-state index in [9.17, 15) is 4.79 Å². The predicted octanol–water partition coefficient (Wildman–Crippen LogP) is 4.28. The van der Waals surface area contributed by atoms with E-state index in [4.69, 9.17) is 4.74 Å². The molecule has 0 unspecified atom stereocenters. The Balaban J connectivity index is 3.01. The van der Waals surface area contributed by atoms with Crippen molar-refractivity contribution in [2.45, 2.75) is 51.9 Å². The molecule has 0 aliphatic rings. The van der Waals surface area contributed by atoms with Crippen LogP contribution in [0.5, 0.6) is 0 Å². The van der Waals surface area contributed by atoms with Gasteiger partial charge in [-0.3, -0.25) is 0 Å². The first-order chi connectivity index (χ1) is 9.32. The monoisotopic (exact) mass is 292 g/mol. The van der Waals surface area contributed by atoms with Gasteiger partial charge in [-0.2, -0.15) is 0 Å². The number of hydrogen-bond acceptors (Lipinski definition) is 2. The van der Waals surface area contributed by atoms with Gasteiger partial charge in [0.2, 0.25) is 0 Å². The van der Waals surface area contributed by atoms with E-state index in [0.29, 0.717) is 5.41 Å². The van der Waals surface area contributed by atoms with Gasteiger partial charge in [-0.25, -0.2) is 0 Å². The van der Waals surface area contributed by atoms with Gasteiger partial charge < -0.3 is 9.53 Å². The van der Waals surface area contributed by atoms with Gasteiger partial charge >= 0.3 is 0 Å². The Kier molecular flexibility index (Phi) is 6.15. The Morgan fingerprint density at radius 2 is 1.75 bits per heavy atom. The highest BCUT2D eigenvalue weighted by Gasteiger charge is 2.37. The number of hydrogen-bond donors (Lipinski definition) is 0. The van der Waals surface area contributed by atoms with Crippen LogP contribution in [0, 0.1) is 5.92 Å². The first kappa shape index (κ1) is 17.1. The molecule has 3 atom stereocenters. The van der Waals surface area contributed by atoms with Crippen molar-refractivity contribution in [2.75, 3.05) is 7.11 Å². The van der Waals surface area contributed by atoms with Gasteiger partial charge in [0.05, 0.1) is 6.10 Å². The van der Waals surface area contributed by atoms with E-state index in [0.717, 1.165) is 6.42 Å². The zero-order valence-electron chi connectivity index (χ0n) is 13.6. The third kappa shape index (κ3) is 4.03. The van der Waals surface area contributed by atoms with Gasteiger partial charge in [0.1, 0.15) is 13.5 Å². The topological polar surface area (TPSA) is 26.3 Å². The van der Waals surface area contributed by atoms with Gasteiger partial charge in [0.25, 0.3) is 0 Å². The lowest BCUT2D eigenvalue weighted by molar-refractivity contribution is -0.121. The van der Waals surface area contributed by atoms with Gasteiger partial charge in [-0.15, -0.1) is 0 Å². The molecule has 1 aromatic rings. The highest BCUT2D eigenvalue weighted by molar-refractivity contribution is 7.03. The van der Waals surface area contributed by atoms with Crippen LogP contribution in [0.3, 0.4) is 0 Å². The minimum Gasteiger partial charge on any atom is -0.380 e. The summed E-state index contributed by atoms with van der Waals surface area (Å²) in [5.41, 5.74) is 1.24. The third-order valence-electron chi connectivity index (χ3n) is 4.00. The molecule has 0 amide bonds. The molecular formula is C17H28O2Si. The summed E-state index contributed by atoms with van der Waals surface area (Å²) in [5, 5.41) is 0.426. The van der Waals surface area contributed by atoms with Crippen LogP contribution >= 0.6 is 0 Å². The molecule has 1 rings (SSSR count). The first-order valence-corrected chi connectivity index (χ1v) is 10.9. The first-order valence-electron chi connectivity index (χ1n) is 7.45. The Hall–Kier alpha value is -0.933. The van der Waals surface area contributed by atoms with Crippen molar-refractivity contribution in [1.29, 1.82) is 0 Å². The van der Waals surface area contributed by atoms with Crippen LogP contribution in [0.4, 0.5) is 0 Å². The molecule has 0 saturated heterocycles. The molecule has 1 aromatic carbocycles. The molecule has 20 heavy (non-hydrogen) atoms. The number of benzene rings is 1. The smallest absolute Gasteiger partial charge is 0.124 e. The second-order valence-electron chi connectivity index (χ2n) is 6.53. The lowest BCUT2D eigenvalue weighted by atomic mass is 9.86.